The minimum Gasteiger partial charge on any atom is -0.399 e. The molecule has 0 aliphatic heterocycles. The average molecular weight is 590 g/mol. The molecule has 0 saturated heterocycles. The number of amides is 2. The summed E-state index contributed by atoms with van der Waals surface area (Å²) in [5, 5.41) is 5.62. The Hall–Kier alpha value is -3.45. The molecule has 226 valence electrons. The molecule has 2 aromatic carbocycles. The Morgan fingerprint density at radius 1 is 1.00 bits per heavy atom. The number of benzene rings is 2. The molecule has 1 atom stereocenters. The van der Waals surface area contributed by atoms with Crippen molar-refractivity contribution in [3.63, 3.8) is 0 Å². The monoisotopic (exact) mass is 589 g/mol. The molecule has 0 bridgehead atoms. The maximum atomic E-state index is 13.2. The summed E-state index contributed by atoms with van der Waals surface area (Å²) < 4.78 is 14.4. The zero-order valence-corrected chi connectivity index (χ0v) is 25.1. The lowest BCUT2D eigenvalue weighted by molar-refractivity contribution is -0.121. The zero-order chi connectivity index (χ0) is 30.5. The highest BCUT2D eigenvalue weighted by molar-refractivity contribution is 7.97. The van der Waals surface area contributed by atoms with Gasteiger partial charge in [-0.25, -0.2) is 0 Å². The van der Waals surface area contributed by atoms with Gasteiger partial charge >= 0.3 is 0 Å². The normalized spacial score (nSPS) is 11.0. The number of hydrogen-bond donors (Lipinski definition) is 4. The summed E-state index contributed by atoms with van der Waals surface area (Å²) >= 11 is 1.51. The van der Waals surface area contributed by atoms with Crippen molar-refractivity contribution in [3.05, 3.63) is 53.6 Å². The number of ether oxygens (including phenoxy) is 2. The maximum absolute atomic E-state index is 13.2. The first kappa shape index (κ1) is 35.6. The fourth-order valence-electron chi connectivity index (χ4n) is 3.50. The van der Waals surface area contributed by atoms with Gasteiger partial charge < -0.3 is 35.5 Å². The van der Waals surface area contributed by atoms with Gasteiger partial charge in [-0.3, -0.25) is 19.1 Å². The Labute approximate surface area is 247 Å². The van der Waals surface area contributed by atoms with Gasteiger partial charge in [0.25, 0.3) is 5.91 Å². The molecule has 5 N–H and O–H groups in total. The topological polar surface area (TPSA) is 152 Å². The number of likely N-dealkylation sites (N-methyl/N-ethyl adjacent to an activating group) is 1. The number of rotatable bonds is 19. The van der Waals surface area contributed by atoms with Crippen LogP contribution in [0.4, 0.5) is 11.4 Å². The molecule has 0 aliphatic rings. The number of nitrogen functional groups attached to an aromatic ring is 1. The minimum absolute atomic E-state index is 0.0953. The highest BCUT2D eigenvalue weighted by Gasteiger charge is 2.25. The standard InChI is InChI=1S/C27H37N5O6S.C2H6/c1-29-25(35)11-8-22(19-34)32(2)27(36)26-20(18-33)4-3-5-24(26)30-12-14-37-16-17-38-15-13-31-39-23-9-6-21(28)7-10-23;1-2/h3-7,9-10,18-19,22,30-31H,8,11-17,28H2,1-2H3,(H,29,35);1-2H3. The van der Waals surface area contributed by atoms with E-state index in [1.165, 1.54) is 37.0 Å². The van der Waals surface area contributed by atoms with Gasteiger partial charge in [0.1, 0.15) is 6.29 Å². The van der Waals surface area contributed by atoms with Gasteiger partial charge in [0.2, 0.25) is 5.91 Å². The number of nitrogens with two attached hydrogens (primary N) is 1. The van der Waals surface area contributed by atoms with E-state index in [-0.39, 0.29) is 29.9 Å². The van der Waals surface area contributed by atoms with Crippen LogP contribution in [-0.2, 0) is 19.1 Å². The largest absolute Gasteiger partial charge is 0.399 e. The molecule has 1 unspecified atom stereocenters. The van der Waals surface area contributed by atoms with Crippen molar-refractivity contribution in [2.75, 3.05) is 64.7 Å². The molecule has 41 heavy (non-hydrogen) atoms. The Kier molecular flexibility index (Phi) is 18.5. The second-order valence-electron chi connectivity index (χ2n) is 8.44. The van der Waals surface area contributed by atoms with Crippen LogP contribution in [0.1, 0.15) is 47.4 Å². The van der Waals surface area contributed by atoms with Crippen LogP contribution in [0.25, 0.3) is 0 Å². The van der Waals surface area contributed by atoms with Crippen molar-refractivity contribution in [1.29, 1.82) is 0 Å². The smallest absolute Gasteiger partial charge is 0.257 e. The van der Waals surface area contributed by atoms with E-state index < -0.39 is 11.9 Å². The summed E-state index contributed by atoms with van der Waals surface area (Å²) in [5.74, 6) is -0.722. The summed E-state index contributed by atoms with van der Waals surface area (Å²) in [5.41, 5.74) is 7.22. The lowest BCUT2D eigenvalue weighted by atomic mass is 10.0. The Morgan fingerprint density at radius 2 is 1.66 bits per heavy atom. The number of carbonyl (C=O) groups excluding carboxylic acids is 4. The Morgan fingerprint density at radius 3 is 2.27 bits per heavy atom. The van der Waals surface area contributed by atoms with Crippen LogP contribution in [0.2, 0.25) is 0 Å². The molecule has 0 fully saturated rings. The van der Waals surface area contributed by atoms with Gasteiger partial charge in [-0.15, -0.1) is 0 Å². The van der Waals surface area contributed by atoms with Gasteiger partial charge in [-0.05, 0) is 48.7 Å². The molecular weight excluding hydrogens is 546 g/mol. The number of nitrogens with zero attached hydrogens (tertiary/aromatic N) is 1. The van der Waals surface area contributed by atoms with Gasteiger partial charge in [0, 0.05) is 55.4 Å². The summed E-state index contributed by atoms with van der Waals surface area (Å²) in [7, 11) is 2.98. The summed E-state index contributed by atoms with van der Waals surface area (Å²) in [6.07, 6.45) is 1.49. The van der Waals surface area contributed by atoms with E-state index in [1.54, 1.807) is 12.1 Å². The van der Waals surface area contributed by atoms with Crippen LogP contribution in [0.3, 0.4) is 0 Å². The van der Waals surface area contributed by atoms with E-state index >= 15 is 0 Å². The number of anilines is 2. The number of carbonyl (C=O) groups is 4. The molecule has 0 spiro atoms. The highest BCUT2D eigenvalue weighted by Crippen LogP contribution is 2.22. The first-order chi connectivity index (χ1) is 19.9. The van der Waals surface area contributed by atoms with Crippen LogP contribution < -0.4 is 21.1 Å². The summed E-state index contributed by atoms with van der Waals surface area (Å²) in [6.45, 7) is 6.79. The fraction of sp³-hybridized carbons (Fsp3) is 0.448. The van der Waals surface area contributed by atoms with Crippen molar-refractivity contribution < 1.29 is 28.7 Å². The third-order valence-electron chi connectivity index (χ3n) is 5.71. The summed E-state index contributed by atoms with van der Waals surface area (Å²) in [4.78, 5) is 50.4. The summed E-state index contributed by atoms with van der Waals surface area (Å²) in [6, 6.07) is 11.7. The fourth-order valence-corrected chi connectivity index (χ4v) is 4.13. The van der Waals surface area contributed by atoms with Gasteiger partial charge in [0.15, 0.2) is 6.29 Å². The van der Waals surface area contributed by atoms with E-state index in [0.29, 0.717) is 57.8 Å². The van der Waals surface area contributed by atoms with Crippen LogP contribution in [0.5, 0.6) is 0 Å². The lowest BCUT2D eigenvalue weighted by Crippen LogP contribution is -2.39. The first-order valence-electron chi connectivity index (χ1n) is 13.6. The third-order valence-corrected chi connectivity index (χ3v) is 6.57. The second-order valence-corrected chi connectivity index (χ2v) is 9.40. The molecule has 0 radical (unpaired) electrons. The van der Waals surface area contributed by atoms with Crippen LogP contribution in [-0.4, -0.2) is 88.9 Å². The average Bonchev–Trinajstić information content (AvgIpc) is 3.01. The Balaban J connectivity index is 0.00000411. The molecule has 0 aromatic heterocycles. The van der Waals surface area contributed by atoms with Crippen LogP contribution >= 0.6 is 11.9 Å². The van der Waals surface area contributed by atoms with Crippen LogP contribution in [0, 0.1) is 0 Å². The SMILES string of the molecule is CC.CNC(=O)CCC(C=O)N(C)C(=O)c1c(C=O)cccc1NCCOCCOCCNSc1ccc(N)cc1. The van der Waals surface area contributed by atoms with Gasteiger partial charge in [0.05, 0.1) is 38.0 Å². The predicted molar refractivity (Wildman–Crippen MR) is 163 cm³/mol. The number of hydrogen-bond acceptors (Lipinski definition) is 10. The molecule has 2 rings (SSSR count). The number of nitrogens with one attached hydrogen (secondary N) is 3. The second kappa shape index (κ2) is 21.3. The molecule has 0 heterocycles. The molecule has 11 nitrogen and oxygen atoms in total. The molecule has 0 aliphatic carbocycles. The number of aldehydes is 2. The molecule has 0 saturated carbocycles. The highest BCUT2D eigenvalue weighted by atomic mass is 32.2. The van der Waals surface area contributed by atoms with Crippen molar-refractivity contribution in [2.24, 2.45) is 0 Å². The van der Waals surface area contributed by atoms with Gasteiger partial charge in [-0.2, -0.15) is 0 Å². The van der Waals surface area contributed by atoms with E-state index in [0.717, 1.165) is 10.6 Å². The molecule has 2 aromatic rings. The maximum Gasteiger partial charge on any atom is 0.257 e. The van der Waals surface area contributed by atoms with E-state index in [9.17, 15) is 19.2 Å². The predicted octanol–water partition coefficient (Wildman–Crippen LogP) is 3.02. The molecule has 12 heteroatoms. The lowest BCUT2D eigenvalue weighted by Gasteiger charge is -2.25. The van der Waals surface area contributed by atoms with Crippen molar-refractivity contribution in [3.8, 4) is 0 Å². The minimum atomic E-state index is -0.808. The van der Waals surface area contributed by atoms with Gasteiger partial charge in [-0.1, -0.05) is 26.0 Å². The zero-order valence-electron chi connectivity index (χ0n) is 24.3. The van der Waals surface area contributed by atoms with Crippen molar-refractivity contribution in [2.45, 2.75) is 37.6 Å². The quantitative estimate of drug-likeness (QED) is 0.0833. The third kappa shape index (κ3) is 13.2. The first-order valence-corrected chi connectivity index (χ1v) is 14.4. The van der Waals surface area contributed by atoms with Crippen LogP contribution in [0.15, 0.2) is 47.4 Å². The van der Waals surface area contributed by atoms with E-state index in [4.69, 9.17) is 15.2 Å². The Bertz CT molecular complexity index is 1070. The molecular formula is C29H43N5O6S. The van der Waals surface area contributed by atoms with E-state index in [1.807, 2.05) is 38.1 Å². The van der Waals surface area contributed by atoms with Crippen molar-refractivity contribution in [1.82, 2.24) is 14.9 Å². The van der Waals surface area contributed by atoms with E-state index in [2.05, 4.69) is 15.4 Å². The molecule has 2 amide bonds. The van der Waals surface area contributed by atoms with Crippen molar-refractivity contribution >= 4 is 47.7 Å².